The maximum atomic E-state index is 13.6. The second-order valence-corrected chi connectivity index (χ2v) is 5.22. The Bertz CT molecular complexity index is 696. The lowest BCUT2D eigenvalue weighted by Gasteiger charge is -2.30. The molecule has 0 N–H and O–H groups in total. The van der Waals surface area contributed by atoms with E-state index in [1.165, 1.54) is 4.90 Å². The Hall–Kier alpha value is -2.38. The SMILES string of the molecule is Cc1nc(C2CCN(C(=O)c3ncc(F)cc3F)CC2)no1. The molecule has 3 rings (SSSR count). The summed E-state index contributed by atoms with van der Waals surface area (Å²) in [5.41, 5.74) is -0.352. The number of rotatable bonds is 2. The maximum Gasteiger partial charge on any atom is 0.275 e. The van der Waals surface area contributed by atoms with Crippen LogP contribution in [0.5, 0.6) is 0 Å². The van der Waals surface area contributed by atoms with Crippen molar-refractivity contribution >= 4 is 5.91 Å². The second-order valence-electron chi connectivity index (χ2n) is 5.22. The van der Waals surface area contributed by atoms with E-state index in [9.17, 15) is 13.6 Å². The van der Waals surface area contributed by atoms with Crippen LogP contribution in [0.4, 0.5) is 8.78 Å². The highest BCUT2D eigenvalue weighted by atomic mass is 19.1. The van der Waals surface area contributed by atoms with Gasteiger partial charge in [0.25, 0.3) is 5.91 Å². The van der Waals surface area contributed by atoms with Gasteiger partial charge in [-0.05, 0) is 12.8 Å². The second kappa shape index (κ2) is 5.78. The highest BCUT2D eigenvalue weighted by Crippen LogP contribution is 2.26. The first-order valence-electron chi connectivity index (χ1n) is 6.95. The first-order valence-corrected chi connectivity index (χ1v) is 6.95. The van der Waals surface area contributed by atoms with Crippen molar-refractivity contribution in [3.63, 3.8) is 0 Å². The molecule has 8 heteroatoms. The predicted octanol–water partition coefficient (Wildman–Crippen LogP) is 2.07. The van der Waals surface area contributed by atoms with Gasteiger partial charge in [-0.3, -0.25) is 4.79 Å². The minimum Gasteiger partial charge on any atom is -0.340 e. The van der Waals surface area contributed by atoms with Crippen LogP contribution in [0.3, 0.4) is 0 Å². The minimum atomic E-state index is -0.944. The van der Waals surface area contributed by atoms with Crippen LogP contribution in [0.25, 0.3) is 0 Å². The number of carbonyl (C=O) groups excluding carboxylic acids is 1. The van der Waals surface area contributed by atoms with Crippen molar-refractivity contribution in [3.8, 4) is 0 Å². The Kier molecular flexibility index (Phi) is 3.82. The molecule has 0 radical (unpaired) electrons. The minimum absolute atomic E-state index is 0.118. The van der Waals surface area contributed by atoms with Gasteiger partial charge < -0.3 is 9.42 Å². The Morgan fingerprint density at radius 1 is 1.36 bits per heavy atom. The van der Waals surface area contributed by atoms with Crippen molar-refractivity contribution in [3.05, 3.63) is 41.3 Å². The molecule has 2 aromatic heterocycles. The number of amides is 1. The first kappa shape index (κ1) is 14.6. The lowest BCUT2D eigenvalue weighted by Crippen LogP contribution is -2.39. The van der Waals surface area contributed by atoms with E-state index in [0.29, 0.717) is 43.7 Å². The quantitative estimate of drug-likeness (QED) is 0.849. The molecular formula is C14H14F2N4O2. The normalized spacial score (nSPS) is 16.0. The summed E-state index contributed by atoms with van der Waals surface area (Å²) in [7, 11) is 0. The van der Waals surface area contributed by atoms with E-state index >= 15 is 0 Å². The fourth-order valence-electron chi connectivity index (χ4n) is 2.54. The number of halogens is 2. The summed E-state index contributed by atoms with van der Waals surface area (Å²) in [4.78, 5) is 21.5. The van der Waals surface area contributed by atoms with Crippen LogP contribution in [0.1, 0.15) is 41.0 Å². The molecule has 0 unspecified atom stereocenters. The summed E-state index contributed by atoms with van der Waals surface area (Å²) in [6.45, 7) is 2.60. The molecule has 3 heterocycles. The summed E-state index contributed by atoms with van der Waals surface area (Å²) in [6.07, 6.45) is 2.16. The van der Waals surface area contributed by atoms with Gasteiger partial charge in [-0.15, -0.1) is 0 Å². The van der Waals surface area contributed by atoms with Gasteiger partial charge in [-0.1, -0.05) is 5.16 Å². The molecule has 0 spiro atoms. The third kappa shape index (κ3) is 2.81. The van der Waals surface area contributed by atoms with Crippen molar-refractivity contribution in [2.45, 2.75) is 25.7 Å². The van der Waals surface area contributed by atoms with Crippen LogP contribution >= 0.6 is 0 Å². The average molecular weight is 308 g/mol. The smallest absolute Gasteiger partial charge is 0.275 e. The van der Waals surface area contributed by atoms with Crippen molar-refractivity contribution in [2.24, 2.45) is 0 Å². The molecule has 1 fully saturated rings. The Balaban J connectivity index is 1.67. The van der Waals surface area contributed by atoms with Gasteiger partial charge >= 0.3 is 0 Å². The van der Waals surface area contributed by atoms with Gasteiger partial charge in [0, 0.05) is 32.0 Å². The van der Waals surface area contributed by atoms with Crippen LogP contribution in [0.15, 0.2) is 16.8 Å². The van der Waals surface area contributed by atoms with E-state index in [1.54, 1.807) is 6.92 Å². The molecule has 2 aromatic rings. The van der Waals surface area contributed by atoms with Crippen molar-refractivity contribution in [1.29, 1.82) is 0 Å². The molecule has 1 aliphatic rings. The number of nitrogens with zero attached hydrogens (tertiary/aromatic N) is 4. The van der Waals surface area contributed by atoms with Crippen molar-refractivity contribution < 1.29 is 18.1 Å². The molecule has 116 valence electrons. The molecule has 0 aromatic carbocycles. The number of piperidine rings is 1. The summed E-state index contributed by atoms with van der Waals surface area (Å²) in [6, 6.07) is 0.662. The number of pyridine rings is 1. The molecule has 6 nitrogen and oxygen atoms in total. The molecule has 0 bridgehead atoms. The number of likely N-dealkylation sites (tertiary alicyclic amines) is 1. The average Bonchev–Trinajstić information content (AvgIpc) is 2.93. The summed E-state index contributed by atoms with van der Waals surface area (Å²) < 4.78 is 31.4. The number of hydrogen-bond acceptors (Lipinski definition) is 5. The molecule has 1 saturated heterocycles. The fraction of sp³-hybridized carbons (Fsp3) is 0.429. The highest BCUT2D eigenvalue weighted by molar-refractivity contribution is 5.92. The molecule has 0 atom stereocenters. The molecule has 0 aliphatic carbocycles. The van der Waals surface area contributed by atoms with Crippen LogP contribution in [0.2, 0.25) is 0 Å². The van der Waals surface area contributed by atoms with E-state index in [1.807, 2.05) is 0 Å². The number of aromatic nitrogens is 3. The molecule has 22 heavy (non-hydrogen) atoms. The summed E-state index contributed by atoms with van der Waals surface area (Å²) >= 11 is 0. The Morgan fingerprint density at radius 2 is 2.09 bits per heavy atom. The van der Waals surface area contributed by atoms with Crippen molar-refractivity contribution in [1.82, 2.24) is 20.0 Å². The van der Waals surface area contributed by atoms with Crippen LogP contribution in [-0.4, -0.2) is 39.0 Å². The Morgan fingerprint density at radius 3 is 2.68 bits per heavy atom. The topological polar surface area (TPSA) is 72.1 Å². The van der Waals surface area contributed by atoms with E-state index in [4.69, 9.17) is 4.52 Å². The monoisotopic (exact) mass is 308 g/mol. The van der Waals surface area contributed by atoms with Crippen molar-refractivity contribution in [2.75, 3.05) is 13.1 Å². The van der Waals surface area contributed by atoms with Crippen LogP contribution < -0.4 is 0 Å². The van der Waals surface area contributed by atoms with Gasteiger partial charge in [0.05, 0.1) is 6.20 Å². The standard InChI is InChI=1S/C14H14F2N4O2/c1-8-18-13(19-22-8)9-2-4-20(5-3-9)14(21)12-11(16)6-10(15)7-17-12/h6-7,9H,2-5H2,1H3. The molecule has 1 aliphatic heterocycles. The number of carbonyl (C=O) groups is 1. The largest absolute Gasteiger partial charge is 0.340 e. The van der Waals surface area contributed by atoms with Gasteiger partial charge in [-0.2, -0.15) is 4.98 Å². The fourth-order valence-corrected chi connectivity index (χ4v) is 2.54. The van der Waals surface area contributed by atoms with E-state index in [2.05, 4.69) is 15.1 Å². The van der Waals surface area contributed by atoms with Gasteiger partial charge in [-0.25, -0.2) is 13.8 Å². The van der Waals surface area contributed by atoms with Crippen LogP contribution in [-0.2, 0) is 0 Å². The summed E-state index contributed by atoms with van der Waals surface area (Å²) in [5.74, 6) is -1.02. The van der Waals surface area contributed by atoms with E-state index in [0.717, 1.165) is 6.20 Å². The molecular weight excluding hydrogens is 294 g/mol. The van der Waals surface area contributed by atoms with Gasteiger partial charge in [0.2, 0.25) is 5.89 Å². The lowest BCUT2D eigenvalue weighted by molar-refractivity contribution is 0.0699. The molecule has 0 saturated carbocycles. The number of aryl methyl sites for hydroxylation is 1. The summed E-state index contributed by atoms with van der Waals surface area (Å²) in [5, 5.41) is 3.89. The zero-order chi connectivity index (χ0) is 15.7. The van der Waals surface area contributed by atoms with Gasteiger partial charge in [0.15, 0.2) is 17.3 Å². The van der Waals surface area contributed by atoms with Gasteiger partial charge in [0.1, 0.15) is 5.82 Å². The van der Waals surface area contributed by atoms with E-state index < -0.39 is 17.5 Å². The van der Waals surface area contributed by atoms with Crippen LogP contribution in [0, 0.1) is 18.6 Å². The lowest BCUT2D eigenvalue weighted by atomic mass is 9.96. The zero-order valence-corrected chi connectivity index (χ0v) is 11.9. The number of hydrogen-bond donors (Lipinski definition) is 0. The third-order valence-electron chi connectivity index (χ3n) is 3.70. The highest BCUT2D eigenvalue weighted by Gasteiger charge is 2.29. The third-order valence-corrected chi connectivity index (χ3v) is 3.70. The predicted molar refractivity (Wildman–Crippen MR) is 71.1 cm³/mol. The maximum absolute atomic E-state index is 13.6. The molecule has 1 amide bonds. The first-order chi connectivity index (χ1) is 10.5. The van der Waals surface area contributed by atoms with E-state index in [-0.39, 0.29) is 11.6 Å². The zero-order valence-electron chi connectivity index (χ0n) is 11.9. The Labute approximate surface area is 125 Å².